The van der Waals surface area contributed by atoms with Crippen LogP contribution in [0.3, 0.4) is 0 Å². The highest BCUT2D eigenvalue weighted by atomic mass is 19.1. The number of ether oxygens (including phenoxy) is 1. The van der Waals surface area contributed by atoms with E-state index in [9.17, 15) is 8.78 Å². The van der Waals surface area contributed by atoms with E-state index in [4.69, 9.17) is 15.7 Å². The van der Waals surface area contributed by atoms with Crippen LogP contribution in [0.2, 0.25) is 0 Å². The zero-order chi connectivity index (χ0) is 12.7. The molecule has 0 radical (unpaired) electrons. The van der Waals surface area contributed by atoms with Crippen molar-refractivity contribution in [3.63, 3.8) is 0 Å². The molecule has 17 heavy (non-hydrogen) atoms. The molecule has 94 valence electrons. The smallest absolute Gasteiger partial charge is 0.190 e. The maximum absolute atomic E-state index is 13.1. The summed E-state index contributed by atoms with van der Waals surface area (Å²) in [6.45, 7) is 0.177. The lowest BCUT2D eigenvalue weighted by Gasteiger charge is -2.07. The molecule has 0 aromatic heterocycles. The number of hydrogen-bond donors (Lipinski definition) is 2. The highest BCUT2D eigenvalue weighted by molar-refractivity contribution is 5.79. The highest BCUT2D eigenvalue weighted by Gasteiger charge is 2.08. The van der Waals surface area contributed by atoms with Gasteiger partial charge in [-0.3, -0.25) is 0 Å². The van der Waals surface area contributed by atoms with Crippen LogP contribution in [0.25, 0.3) is 0 Å². The monoisotopic (exact) mass is 244 g/mol. The number of rotatable bonds is 6. The number of unbranched alkanes of at least 4 members (excludes halogenated alkanes) is 1. The van der Waals surface area contributed by atoms with Crippen LogP contribution in [0.15, 0.2) is 23.4 Å². The van der Waals surface area contributed by atoms with Crippen molar-refractivity contribution in [2.45, 2.75) is 19.3 Å². The lowest BCUT2D eigenvalue weighted by Crippen LogP contribution is -2.11. The molecule has 1 aromatic rings. The van der Waals surface area contributed by atoms with E-state index in [1.807, 2.05) is 0 Å². The Hall–Kier alpha value is -1.85. The summed E-state index contributed by atoms with van der Waals surface area (Å²) in [6, 6.07) is 3.54. The Labute approximate surface area is 97.7 Å². The van der Waals surface area contributed by atoms with Crippen molar-refractivity contribution < 1.29 is 18.7 Å². The van der Waals surface area contributed by atoms with E-state index in [0.29, 0.717) is 19.3 Å². The second-order valence-corrected chi connectivity index (χ2v) is 3.45. The Bertz CT molecular complexity index is 377. The first-order chi connectivity index (χ1) is 8.15. The number of hydrogen-bond acceptors (Lipinski definition) is 3. The molecular formula is C11H14F2N2O2. The van der Waals surface area contributed by atoms with Crippen molar-refractivity contribution in [3.05, 3.63) is 29.8 Å². The molecule has 1 rings (SSSR count). The Morgan fingerprint density at radius 3 is 2.53 bits per heavy atom. The Balaban J connectivity index is 2.32. The topological polar surface area (TPSA) is 67.8 Å². The van der Waals surface area contributed by atoms with Gasteiger partial charge in [0.15, 0.2) is 17.4 Å². The third-order valence-corrected chi connectivity index (χ3v) is 2.12. The first kappa shape index (κ1) is 13.2. The molecule has 0 spiro atoms. The molecule has 0 amide bonds. The first-order valence-electron chi connectivity index (χ1n) is 5.18. The lowest BCUT2D eigenvalue weighted by molar-refractivity contribution is 0.277. The standard InChI is InChI=1S/C11H14F2N2O2/c12-8-4-3-5-9(13)11(8)17-7-2-1-6-10(14)15-16/h3-5,16H,1-2,6-7H2,(H2,14,15). The zero-order valence-electron chi connectivity index (χ0n) is 9.20. The van der Waals surface area contributed by atoms with Gasteiger partial charge in [0.05, 0.1) is 6.61 Å². The molecule has 0 saturated carbocycles. The van der Waals surface area contributed by atoms with Gasteiger partial charge in [-0.05, 0) is 25.0 Å². The SMILES string of the molecule is N/C(CCCCOc1c(F)cccc1F)=N/O. The molecule has 0 unspecified atom stereocenters. The van der Waals surface area contributed by atoms with Crippen molar-refractivity contribution in [1.29, 1.82) is 0 Å². The predicted molar refractivity (Wildman–Crippen MR) is 59.1 cm³/mol. The van der Waals surface area contributed by atoms with Crippen molar-refractivity contribution in [1.82, 2.24) is 0 Å². The molecule has 0 atom stereocenters. The maximum Gasteiger partial charge on any atom is 0.190 e. The summed E-state index contributed by atoms with van der Waals surface area (Å²) in [6.07, 6.45) is 1.59. The van der Waals surface area contributed by atoms with E-state index in [-0.39, 0.29) is 18.2 Å². The molecule has 6 heteroatoms. The van der Waals surface area contributed by atoms with Gasteiger partial charge < -0.3 is 15.7 Å². The number of nitrogens with zero attached hydrogens (tertiary/aromatic N) is 1. The van der Waals surface area contributed by atoms with Gasteiger partial charge in [0.2, 0.25) is 0 Å². The van der Waals surface area contributed by atoms with Crippen molar-refractivity contribution in [2.24, 2.45) is 10.9 Å². The predicted octanol–water partition coefficient (Wildman–Crippen LogP) is 2.26. The molecule has 1 aromatic carbocycles. The summed E-state index contributed by atoms with van der Waals surface area (Å²) in [5.74, 6) is -1.68. The molecule has 3 N–H and O–H groups in total. The van der Waals surface area contributed by atoms with Gasteiger partial charge in [-0.15, -0.1) is 0 Å². The minimum Gasteiger partial charge on any atom is -0.488 e. The number of amidine groups is 1. The average Bonchev–Trinajstić information content (AvgIpc) is 2.31. The van der Waals surface area contributed by atoms with Crippen LogP contribution in [-0.2, 0) is 0 Å². The Morgan fingerprint density at radius 2 is 1.94 bits per heavy atom. The summed E-state index contributed by atoms with van der Waals surface area (Å²) in [7, 11) is 0. The zero-order valence-corrected chi connectivity index (χ0v) is 9.20. The molecule has 0 bridgehead atoms. The second-order valence-electron chi connectivity index (χ2n) is 3.45. The van der Waals surface area contributed by atoms with E-state index in [1.165, 1.54) is 6.07 Å². The van der Waals surface area contributed by atoms with Gasteiger partial charge in [-0.25, -0.2) is 8.78 Å². The molecule has 0 fully saturated rings. The van der Waals surface area contributed by atoms with E-state index in [0.717, 1.165) is 12.1 Å². The number of benzene rings is 1. The van der Waals surface area contributed by atoms with E-state index in [2.05, 4.69) is 5.16 Å². The van der Waals surface area contributed by atoms with E-state index >= 15 is 0 Å². The van der Waals surface area contributed by atoms with Gasteiger partial charge in [0.1, 0.15) is 5.84 Å². The number of para-hydroxylation sites is 1. The number of oxime groups is 1. The van der Waals surface area contributed by atoms with Crippen LogP contribution in [0.5, 0.6) is 5.75 Å². The molecule has 0 aliphatic carbocycles. The summed E-state index contributed by atoms with van der Waals surface area (Å²) in [5, 5.41) is 11.1. The second kappa shape index (κ2) is 6.67. The van der Waals surface area contributed by atoms with Crippen molar-refractivity contribution in [2.75, 3.05) is 6.61 Å². The van der Waals surface area contributed by atoms with Gasteiger partial charge in [0.25, 0.3) is 0 Å². The van der Waals surface area contributed by atoms with Crippen LogP contribution < -0.4 is 10.5 Å². The molecule has 0 heterocycles. The third-order valence-electron chi connectivity index (χ3n) is 2.12. The Morgan fingerprint density at radius 1 is 1.29 bits per heavy atom. The van der Waals surface area contributed by atoms with Crippen LogP contribution in [0.1, 0.15) is 19.3 Å². The summed E-state index contributed by atoms with van der Waals surface area (Å²) < 4.78 is 31.2. The van der Waals surface area contributed by atoms with Gasteiger partial charge in [0, 0.05) is 6.42 Å². The number of nitrogens with two attached hydrogens (primary N) is 1. The number of halogens is 2. The van der Waals surface area contributed by atoms with Crippen molar-refractivity contribution >= 4 is 5.84 Å². The average molecular weight is 244 g/mol. The summed E-state index contributed by atoms with van der Waals surface area (Å²) in [4.78, 5) is 0. The van der Waals surface area contributed by atoms with E-state index in [1.54, 1.807) is 0 Å². The van der Waals surface area contributed by atoms with Crippen LogP contribution in [0.4, 0.5) is 8.78 Å². The minimum atomic E-state index is -0.721. The largest absolute Gasteiger partial charge is 0.488 e. The molecule has 0 aliphatic heterocycles. The fourth-order valence-electron chi connectivity index (χ4n) is 1.25. The Kier molecular flexibility index (Phi) is 5.19. The van der Waals surface area contributed by atoms with Crippen LogP contribution in [-0.4, -0.2) is 17.6 Å². The van der Waals surface area contributed by atoms with Crippen LogP contribution >= 0.6 is 0 Å². The van der Waals surface area contributed by atoms with Crippen molar-refractivity contribution in [3.8, 4) is 5.75 Å². The quantitative estimate of drug-likeness (QED) is 0.265. The first-order valence-corrected chi connectivity index (χ1v) is 5.18. The fraction of sp³-hybridized carbons (Fsp3) is 0.364. The third kappa shape index (κ3) is 4.26. The van der Waals surface area contributed by atoms with Gasteiger partial charge in [-0.2, -0.15) is 0 Å². The molecule has 0 saturated heterocycles. The molecule has 0 aliphatic rings. The summed E-state index contributed by atoms with van der Waals surface area (Å²) >= 11 is 0. The van der Waals surface area contributed by atoms with Gasteiger partial charge >= 0.3 is 0 Å². The normalized spacial score (nSPS) is 11.5. The molecule has 4 nitrogen and oxygen atoms in total. The summed E-state index contributed by atoms with van der Waals surface area (Å²) in [5.41, 5.74) is 5.25. The fourth-order valence-corrected chi connectivity index (χ4v) is 1.25. The van der Waals surface area contributed by atoms with E-state index < -0.39 is 11.6 Å². The maximum atomic E-state index is 13.1. The molecular weight excluding hydrogens is 230 g/mol. The highest BCUT2D eigenvalue weighted by Crippen LogP contribution is 2.20. The van der Waals surface area contributed by atoms with Crippen LogP contribution in [0, 0.1) is 11.6 Å². The van der Waals surface area contributed by atoms with Gasteiger partial charge in [-0.1, -0.05) is 11.2 Å². The lowest BCUT2D eigenvalue weighted by atomic mass is 10.2. The minimum absolute atomic E-state index is 0.127.